The van der Waals surface area contributed by atoms with Crippen molar-refractivity contribution < 1.29 is 18.7 Å². The molecule has 8 nitrogen and oxygen atoms in total. The van der Waals surface area contributed by atoms with Gasteiger partial charge in [0.05, 0.1) is 46.1 Å². The summed E-state index contributed by atoms with van der Waals surface area (Å²) in [5.74, 6) is 0.743. The highest BCUT2D eigenvalue weighted by Crippen LogP contribution is 2.32. The summed E-state index contributed by atoms with van der Waals surface area (Å²) in [7, 11) is 0. The number of ether oxygens (including phenoxy) is 2. The first-order valence-corrected chi connectivity index (χ1v) is 13.4. The molecule has 1 fully saturated rings. The Kier molecular flexibility index (Phi) is 7.21. The summed E-state index contributed by atoms with van der Waals surface area (Å²) < 4.78 is 19.6. The number of rotatable bonds is 5. The Bertz CT molecular complexity index is 1520. The molecule has 0 aliphatic carbocycles. The van der Waals surface area contributed by atoms with Gasteiger partial charge in [0.1, 0.15) is 5.76 Å². The third-order valence-electron chi connectivity index (χ3n) is 5.96. The Hall–Kier alpha value is -2.66. The SMILES string of the molecule is CCOC(=O)C1=C(C)N=c2s/c(=C/c3cc(Br)c(N4CCOCC4)o3)c(=O)n2[C@H]1c1ccc(Cl)cc1. The van der Waals surface area contributed by atoms with Gasteiger partial charge in [-0.2, -0.15) is 0 Å². The van der Waals surface area contributed by atoms with E-state index < -0.39 is 12.0 Å². The fourth-order valence-electron chi connectivity index (χ4n) is 4.31. The maximum absolute atomic E-state index is 13.7. The Morgan fingerprint density at radius 2 is 2.03 bits per heavy atom. The minimum Gasteiger partial charge on any atom is -0.463 e. The van der Waals surface area contributed by atoms with Crippen molar-refractivity contribution in [1.82, 2.24) is 4.57 Å². The van der Waals surface area contributed by atoms with Gasteiger partial charge in [-0.05, 0) is 47.5 Å². The first-order valence-electron chi connectivity index (χ1n) is 11.4. The highest BCUT2D eigenvalue weighted by molar-refractivity contribution is 9.10. The quantitative estimate of drug-likeness (QED) is 0.421. The van der Waals surface area contributed by atoms with Crippen molar-refractivity contribution in [3.05, 3.63) is 82.1 Å². The van der Waals surface area contributed by atoms with E-state index in [9.17, 15) is 9.59 Å². The van der Waals surface area contributed by atoms with Crippen molar-refractivity contribution in [1.29, 1.82) is 0 Å². The number of anilines is 1. The van der Waals surface area contributed by atoms with Crippen LogP contribution in [0.3, 0.4) is 0 Å². The van der Waals surface area contributed by atoms with E-state index in [2.05, 4.69) is 25.8 Å². The lowest BCUT2D eigenvalue weighted by atomic mass is 9.96. The molecule has 0 spiro atoms. The number of halogens is 2. The number of fused-ring (bicyclic) bond motifs is 1. The fourth-order valence-corrected chi connectivity index (χ4v) is 6.02. The van der Waals surface area contributed by atoms with Gasteiger partial charge in [0.2, 0.25) is 5.88 Å². The molecule has 0 bridgehead atoms. The monoisotopic (exact) mass is 591 g/mol. The summed E-state index contributed by atoms with van der Waals surface area (Å²) >= 11 is 10.9. The molecule has 4 heterocycles. The molecule has 0 unspecified atom stereocenters. The first-order chi connectivity index (χ1) is 17.4. The van der Waals surface area contributed by atoms with Crippen LogP contribution in [0, 0.1) is 0 Å². The second-order valence-corrected chi connectivity index (χ2v) is 10.6. The van der Waals surface area contributed by atoms with Crippen LogP contribution >= 0.6 is 38.9 Å². The molecular weight excluding hydrogens is 570 g/mol. The highest BCUT2D eigenvalue weighted by Gasteiger charge is 2.33. The number of esters is 1. The fraction of sp³-hybridized carbons (Fsp3) is 0.320. The maximum atomic E-state index is 13.7. The summed E-state index contributed by atoms with van der Waals surface area (Å²) in [5.41, 5.74) is 1.30. The smallest absolute Gasteiger partial charge is 0.338 e. The number of carbonyl (C=O) groups is 1. The normalized spacial score (nSPS) is 18.3. The number of benzene rings is 1. The second kappa shape index (κ2) is 10.4. The Balaban J connectivity index is 1.62. The number of hydrogen-bond acceptors (Lipinski definition) is 8. The van der Waals surface area contributed by atoms with Crippen LogP contribution in [-0.4, -0.2) is 43.4 Å². The van der Waals surface area contributed by atoms with E-state index in [-0.39, 0.29) is 12.2 Å². The van der Waals surface area contributed by atoms with E-state index in [0.29, 0.717) is 50.5 Å². The number of allylic oxidation sites excluding steroid dienone is 1. The number of thiazole rings is 1. The second-order valence-electron chi connectivity index (χ2n) is 8.26. The largest absolute Gasteiger partial charge is 0.463 e. The van der Waals surface area contributed by atoms with E-state index in [0.717, 1.165) is 23.1 Å². The van der Waals surface area contributed by atoms with Gasteiger partial charge < -0.3 is 18.8 Å². The van der Waals surface area contributed by atoms with E-state index in [1.54, 1.807) is 48.8 Å². The number of carbonyl (C=O) groups excluding carboxylic acids is 1. The molecule has 1 aromatic carbocycles. The Morgan fingerprint density at radius 1 is 1.31 bits per heavy atom. The minimum atomic E-state index is -0.688. The van der Waals surface area contributed by atoms with Crippen LogP contribution in [0.4, 0.5) is 5.88 Å². The van der Waals surface area contributed by atoms with Crippen molar-refractivity contribution >= 4 is 56.8 Å². The zero-order chi connectivity index (χ0) is 25.4. The maximum Gasteiger partial charge on any atom is 0.338 e. The lowest BCUT2D eigenvalue weighted by Gasteiger charge is -2.26. The van der Waals surface area contributed by atoms with Crippen molar-refractivity contribution in [3.63, 3.8) is 0 Å². The molecule has 2 aliphatic rings. The van der Waals surface area contributed by atoms with Gasteiger partial charge in [0, 0.05) is 30.3 Å². The van der Waals surface area contributed by atoms with Gasteiger partial charge in [-0.15, -0.1) is 0 Å². The van der Waals surface area contributed by atoms with E-state index in [1.165, 1.54) is 11.3 Å². The predicted molar refractivity (Wildman–Crippen MR) is 141 cm³/mol. The molecule has 0 N–H and O–H groups in total. The molecule has 0 saturated carbocycles. The number of furan rings is 1. The van der Waals surface area contributed by atoms with Crippen LogP contribution in [0.1, 0.15) is 31.2 Å². The van der Waals surface area contributed by atoms with Gasteiger partial charge in [0.25, 0.3) is 5.56 Å². The third kappa shape index (κ3) is 4.70. The average molecular weight is 593 g/mol. The zero-order valence-electron chi connectivity index (χ0n) is 19.6. The Labute approximate surface area is 224 Å². The van der Waals surface area contributed by atoms with Crippen molar-refractivity contribution in [2.24, 2.45) is 4.99 Å². The van der Waals surface area contributed by atoms with E-state index in [1.807, 2.05) is 6.07 Å². The lowest BCUT2D eigenvalue weighted by Crippen LogP contribution is -2.39. The molecule has 11 heteroatoms. The van der Waals surface area contributed by atoms with Gasteiger partial charge in [-0.25, -0.2) is 9.79 Å². The lowest BCUT2D eigenvalue weighted by molar-refractivity contribution is -0.139. The molecule has 5 rings (SSSR count). The molecule has 36 heavy (non-hydrogen) atoms. The first kappa shape index (κ1) is 25.0. The summed E-state index contributed by atoms with van der Waals surface area (Å²) in [4.78, 5) is 33.8. The van der Waals surface area contributed by atoms with Gasteiger partial charge in [-0.3, -0.25) is 9.36 Å². The number of hydrogen-bond donors (Lipinski definition) is 0. The summed E-state index contributed by atoms with van der Waals surface area (Å²) in [6, 6.07) is 8.24. The van der Waals surface area contributed by atoms with Crippen molar-refractivity contribution in [2.75, 3.05) is 37.8 Å². The Morgan fingerprint density at radius 3 is 2.72 bits per heavy atom. The van der Waals surface area contributed by atoms with Crippen LogP contribution in [0.25, 0.3) is 6.08 Å². The van der Waals surface area contributed by atoms with Crippen LogP contribution < -0.4 is 19.8 Å². The average Bonchev–Trinajstić information content (AvgIpc) is 3.38. The van der Waals surface area contributed by atoms with Crippen molar-refractivity contribution in [3.8, 4) is 0 Å². The molecule has 2 aliphatic heterocycles. The standard InChI is InChI=1S/C25H23BrClN3O5S/c1-3-34-24(32)20-14(2)28-25-30(21(20)15-4-6-16(27)7-5-15)22(31)19(36-25)13-17-12-18(26)23(35-17)29-8-10-33-11-9-29/h4-7,12-13,21H,3,8-11H2,1-2H3/b19-13+/t21-/m0/s1. The van der Waals surface area contributed by atoms with Crippen LogP contribution in [-0.2, 0) is 14.3 Å². The molecular formula is C25H23BrClN3O5S. The molecule has 1 saturated heterocycles. The van der Waals surface area contributed by atoms with E-state index in [4.69, 9.17) is 25.5 Å². The van der Waals surface area contributed by atoms with Crippen LogP contribution in [0.15, 0.2) is 60.3 Å². The summed E-state index contributed by atoms with van der Waals surface area (Å²) in [6.45, 7) is 6.43. The van der Waals surface area contributed by atoms with E-state index >= 15 is 0 Å². The third-order valence-corrected chi connectivity index (χ3v) is 7.77. The topological polar surface area (TPSA) is 86.3 Å². The number of morpholine rings is 1. The molecule has 0 radical (unpaired) electrons. The molecule has 1 atom stereocenters. The number of aromatic nitrogens is 1. The predicted octanol–water partition coefficient (Wildman–Crippen LogP) is 3.64. The van der Waals surface area contributed by atoms with Gasteiger partial charge >= 0.3 is 5.97 Å². The van der Waals surface area contributed by atoms with Crippen LogP contribution in [0.2, 0.25) is 5.02 Å². The highest BCUT2D eigenvalue weighted by atomic mass is 79.9. The number of nitrogens with zero attached hydrogens (tertiary/aromatic N) is 3. The van der Waals surface area contributed by atoms with Crippen LogP contribution in [0.5, 0.6) is 0 Å². The minimum absolute atomic E-state index is 0.215. The zero-order valence-corrected chi connectivity index (χ0v) is 22.8. The van der Waals surface area contributed by atoms with Crippen molar-refractivity contribution in [2.45, 2.75) is 19.9 Å². The van der Waals surface area contributed by atoms with Gasteiger partial charge in [-0.1, -0.05) is 35.1 Å². The summed E-state index contributed by atoms with van der Waals surface area (Å²) in [6.07, 6.45) is 1.71. The molecule has 3 aromatic rings. The summed E-state index contributed by atoms with van der Waals surface area (Å²) in [5, 5.41) is 0.559. The molecule has 188 valence electrons. The van der Waals surface area contributed by atoms with Gasteiger partial charge in [0.15, 0.2) is 4.80 Å². The molecule has 0 amide bonds. The molecule has 2 aromatic heterocycles.